The average Bonchev–Trinajstić information content (AvgIpc) is 2.68. The SMILES string of the molecule is CCN(CC)S(=O)(=O)c1cccc(C(=O)N/N=C(\C)c2cc(Cl)ccc2Cl)c1. The Labute approximate surface area is 175 Å². The number of hydrogen-bond acceptors (Lipinski definition) is 4. The van der Waals surface area contributed by atoms with E-state index >= 15 is 0 Å². The van der Waals surface area contributed by atoms with Gasteiger partial charge in [-0.1, -0.05) is 43.1 Å². The molecule has 0 saturated carbocycles. The normalized spacial score (nSPS) is 12.3. The van der Waals surface area contributed by atoms with Crippen LogP contribution in [0, 0.1) is 0 Å². The minimum atomic E-state index is -3.66. The predicted octanol–water partition coefficient (Wildman–Crippen LogP) is 4.18. The van der Waals surface area contributed by atoms with Crippen molar-refractivity contribution in [3.8, 4) is 0 Å². The summed E-state index contributed by atoms with van der Waals surface area (Å²) in [6.45, 7) is 5.89. The number of hydrogen-bond donors (Lipinski definition) is 1. The molecule has 28 heavy (non-hydrogen) atoms. The highest BCUT2D eigenvalue weighted by Gasteiger charge is 2.22. The highest BCUT2D eigenvalue weighted by Crippen LogP contribution is 2.21. The molecular formula is C19H21Cl2N3O3S. The molecule has 0 spiro atoms. The highest BCUT2D eigenvalue weighted by atomic mass is 35.5. The fraction of sp³-hybridized carbons (Fsp3) is 0.263. The molecule has 0 fully saturated rings. The lowest BCUT2D eigenvalue weighted by Crippen LogP contribution is -2.30. The van der Waals surface area contributed by atoms with E-state index in [-0.39, 0.29) is 10.5 Å². The molecule has 1 amide bonds. The van der Waals surface area contributed by atoms with Crippen LogP contribution in [0.5, 0.6) is 0 Å². The van der Waals surface area contributed by atoms with Gasteiger partial charge < -0.3 is 0 Å². The Balaban J connectivity index is 2.25. The first kappa shape index (κ1) is 22.4. The number of amides is 1. The standard InChI is InChI=1S/C19H21Cl2N3O3S/c1-4-24(5-2)28(26,27)16-8-6-7-14(11-16)19(25)23-22-13(3)17-12-15(20)9-10-18(17)21/h6-12H,4-5H2,1-3H3,(H,23,25)/b22-13+. The molecule has 0 aliphatic carbocycles. The first-order chi connectivity index (χ1) is 13.2. The third kappa shape index (κ3) is 5.11. The first-order valence-corrected chi connectivity index (χ1v) is 10.8. The van der Waals surface area contributed by atoms with Gasteiger partial charge in [-0.15, -0.1) is 0 Å². The zero-order valence-electron chi connectivity index (χ0n) is 15.7. The number of carbonyl (C=O) groups excluding carboxylic acids is 1. The van der Waals surface area contributed by atoms with Gasteiger partial charge >= 0.3 is 0 Å². The van der Waals surface area contributed by atoms with E-state index < -0.39 is 15.9 Å². The van der Waals surface area contributed by atoms with Gasteiger partial charge in [-0.3, -0.25) is 4.79 Å². The van der Waals surface area contributed by atoms with Gasteiger partial charge in [0.05, 0.1) is 10.6 Å². The maximum Gasteiger partial charge on any atom is 0.271 e. The molecular weight excluding hydrogens is 421 g/mol. The molecule has 0 unspecified atom stereocenters. The molecule has 0 radical (unpaired) electrons. The lowest BCUT2D eigenvalue weighted by molar-refractivity contribution is 0.0954. The summed E-state index contributed by atoms with van der Waals surface area (Å²) in [5.74, 6) is -0.533. The fourth-order valence-electron chi connectivity index (χ4n) is 2.54. The minimum Gasteiger partial charge on any atom is -0.267 e. The summed E-state index contributed by atoms with van der Waals surface area (Å²) < 4.78 is 26.6. The van der Waals surface area contributed by atoms with Crippen LogP contribution in [0.3, 0.4) is 0 Å². The molecule has 2 aromatic rings. The second-order valence-corrected chi connectivity index (χ2v) is 8.66. The highest BCUT2D eigenvalue weighted by molar-refractivity contribution is 7.89. The van der Waals surface area contributed by atoms with Crippen LogP contribution in [0.15, 0.2) is 52.5 Å². The maximum atomic E-state index is 12.6. The summed E-state index contributed by atoms with van der Waals surface area (Å²) in [6, 6.07) is 10.8. The van der Waals surface area contributed by atoms with Crippen molar-refractivity contribution in [2.45, 2.75) is 25.7 Å². The fourth-order valence-corrected chi connectivity index (χ4v) is 4.48. The Morgan fingerprint density at radius 2 is 1.79 bits per heavy atom. The number of nitrogens with one attached hydrogen (secondary N) is 1. The Morgan fingerprint density at radius 1 is 1.11 bits per heavy atom. The number of nitrogens with zero attached hydrogens (tertiary/aromatic N) is 2. The van der Waals surface area contributed by atoms with Gasteiger partial charge in [-0.2, -0.15) is 9.41 Å². The molecule has 0 aliphatic heterocycles. The molecule has 9 heteroatoms. The van der Waals surface area contributed by atoms with E-state index in [0.29, 0.717) is 34.4 Å². The summed E-state index contributed by atoms with van der Waals surface area (Å²) in [5, 5.41) is 4.99. The van der Waals surface area contributed by atoms with Crippen molar-refractivity contribution in [1.82, 2.24) is 9.73 Å². The van der Waals surface area contributed by atoms with Crippen molar-refractivity contribution in [3.05, 3.63) is 63.6 Å². The van der Waals surface area contributed by atoms with Crippen molar-refractivity contribution in [2.75, 3.05) is 13.1 Å². The van der Waals surface area contributed by atoms with Crippen LogP contribution in [0.4, 0.5) is 0 Å². The Bertz CT molecular complexity index is 1000. The van der Waals surface area contributed by atoms with Crippen LogP contribution >= 0.6 is 23.2 Å². The molecule has 6 nitrogen and oxygen atoms in total. The Morgan fingerprint density at radius 3 is 2.43 bits per heavy atom. The van der Waals surface area contributed by atoms with Gasteiger partial charge in [0.2, 0.25) is 10.0 Å². The summed E-state index contributed by atoms with van der Waals surface area (Å²) in [7, 11) is -3.66. The van der Waals surface area contributed by atoms with Crippen LogP contribution in [0.25, 0.3) is 0 Å². The van der Waals surface area contributed by atoms with Gasteiger partial charge in [0.15, 0.2) is 0 Å². The number of rotatable bonds is 7. The minimum absolute atomic E-state index is 0.0578. The molecule has 0 atom stereocenters. The van der Waals surface area contributed by atoms with E-state index in [1.54, 1.807) is 39.0 Å². The molecule has 1 N–H and O–H groups in total. The molecule has 2 rings (SSSR count). The van der Waals surface area contributed by atoms with Crippen LogP contribution in [0.1, 0.15) is 36.7 Å². The number of sulfonamides is 1. The van der Waals surface area contributed by atoms with Crippen LogP contribution < -0.4 is 5.43 Å². The predicted molar refractivity (Wildman–Crippen MR) is 113 cm³/mol. The van der Waals surface area contributed by atoms with Crippen LogP contribution in [0.2, 0.25) is 10.0 Å². The van der Waals surface area contributed by atoms with Crippen LogP contribution in [-0.2, 0) is 10.0 Å². The Kier molecular flexibility index (Phi) is 7.60. The van der Waals surface area contributed by atoms with Gasteiger partial charge in [0.1, 0.15) is 0 Å². The maximum absolute atomic E-state index is 12.6. The second-order valence-electron chi connectivity index (χ2n) is 5.88. The van der Waals surface area contributed by atoms with Crippen molar-refractivity contribution < 1.29 is 13.2 Å². The van der Waals surface area contributed by atoms with Crippen molar-refractivity contribution >= 4 is 44.8 Å². The van der Waals surface area contributed by atoms with E-state index in [4.69, 9.17) is 23.2 Å². The topological polar surface area (TPSA) is 78.8 Å². The zero-order valence-corrected chi connectivity index (χ0v) is 18.1. The van der Waals surface area contributed by atoms with E-state index in [2.05, 4.69) is 10.5 Å². The monoisotopic (exact) mass is 441 g/mol. The van der Waals surface area contributed by atoms with E-state index in [0.717, 1.165) is 0 Å². The number of hydrazone groups is 1. The van der Waals surface area contributed by atoms with Gasteiger partial charge in [0, 0.05) is 34.3 Å². The van der Waals surface area contributed by atoms with Gasteiger partial charge in [-0.25, -0.2) is 13.8 Å². The van der Waals surface area contributed by atoms with Crippen molar-refractivity contribution in [1.29, 1.82) is 0 Å². The molecule has 0 saturated heterocycles. The second kappa shape index (κ2) is 9.52. The van der Waals surface area contributed by atoms with Crippen LogP contribution in [-0.4, -0.2) is 37.4 Å². The van der Waals surface area contributed by atoms with E-state index in [1.807, 2.05) is 0 Å². The summed E-state index contributed by atoms with van der Waals surface area (Å²) in [6.07, 6.45) is 0. The summed E-state index contributed by atoms with van der Waals surface area (Å²) >= 11 is 12.1. The lowest BCUT2D eigenvalue weighted by atomic mass is 10.1. The third-order valence-corrected chi connectivity index (χ3v) is 6.69. The molecule has 0 bridgehead atoms. The Hall–Kier alpha value is -1.93. The molecule has 2 aromatic carbocycles. The quantitative estimate of drug-likeness (QED) is 0.516. The van der Waals surface area contributed by atoms with Gasteiger partial charge in [0.25, 0.3) is 5.91 Å². The van der Waals surface area contributed by atoms with E-state index in [1.165, 1.54) is 28.6 Å². The lowest BCUT2D eigenvalue weighted by Gasteiger charge is -2.18. The molecule has 0 aromatic heterocycles. The number of benzene rings is 2. The summed E-state index contributed by atoms with van der Waals surface area (Å²) in [5.41, 5.74) is 3.66. The molecule has 150 valence electrons. The van der Waals surface area contributed by atoms with Crippen molar-refractivity contribution in [3.63, 3.8) is 0 Å². The zero-order chi connectivity index (χ0) is 20.9. The van der Waals surface area contributed by atoms with Crippen molar-refractivity contribution in [2.24, 2.45) is 5.10 Å². The number of carbonyl (C=O) groups is 1. The third-order valence-electron chi connectivity index (χ3n) is 4.08. The summed E-state index contributed by atoms with van der Waals surface area (Å²) in [4.78, 5) is 12.5. The molecule has 0 aliphatic rings. The largest absolute Gasteiger partial charge is 0.271 e. The van der Waals surface area contributed by atoms with E-state index in [9.17, 15) is 13.2 Å². The molecule has 0 heterocycles. The first-order valence-electron chi connectivity index (χ1n) is 8.61. The smallest absolute Gasteiger partial charge is 0.267 e. The number of halogens is 2. The van der Waals surface area contributed by atoms with Gasteiger partial charge in [-0.05, 0) is 43.3 Å². The average molecular weight is 442 g/mol.